The van der Waals surface area contributed by atoms with E-state index in [1.165, 1.54) is 11.8 Å². The average Bonchev–Trinajstić information content (AvgIpc) is 3.43. The molecule has 0 spiro atoms. The van der Waals surface area contributed by atoms with Crippen molar-refractivity contribution in [3.63, 3.8) is 0 Å². The van der Waals surface area contributed by atoms with E-state index in [2.05, 4.69) is 14.8 Å². The van der Waals surface area contributed by atoms with E-state index in [9.17, 15) is 9.59 Å². The van der Waals surface area contributed by atoms with Gasteiger partial charge in [-0.25, -0.2) is 0 Å². The van der Waals surface area contributed by atoms with Gasteiger partial charge in [-0.15, -0.1) is 21.5 Å². The predicted octanol–water partition coefficient (Wildman–Crippen LogP) is 3.98. The van der Waals surface area contributed by atoms with E-state index in [0.29, 0.717) is 17.3 Å². The predicted molar refractivity (Wildman–Crippen MR) is 115 cm³/mol. The van der Waals surface area contributed by atoms with E-state index in [4.69, 9.17) is 4.74 Å². The molecule has 0 aliphatic heterocycles. The Morgan fingerprint density at radius 1 is 1.17 bits per heavy atom. The number of hydrogen-bond donors (Lipinski definition) is 0. The maximum atomic E-state index is 12.4. The van der Waals surface area contributed by atoms with Gasteiger partial charge < -0.3 is 13.9 Å². The van der Waals surface area contributed by atoms with Crippen LogP contribution in [-0.4, -0.2) is 43.4 Å². The van der Waals surface area contributed by atoms with Crippen LogP contribution in [-0.2, 0) is 22.6 Å². The zero-order valence-corrected chi connectivity index (χ0v) is 18.6. The van der Waals surface area contributed by atoms with Crippen molar-refractivity contribution in [1.82, 2.24) is 19.3 Å². The Kier molecular flexibility index (Phi) is 6.92. The lowest BCUT2D eigenvalue weighted by atomic mass is 10.1. The van der Waals surface area contributed by atoms with Gasteiger partial charge in [-0.1, -0.05) is 17.8 Å². The molecule has 0 fully saturated rings. The first kappa shape index (κ1) is 21.3. The third kappa shape index (κ3) is 4.62. The lowest BCUT2D eigenvalue weighted by Crippen LogP contribution is -2.16. The zero-order chi connectivity index (χ0) is 21.0. The van der Waals surface area contributed by atoms with Crippen molar-refractivity contribution < 1.29 is 14.3 Å². The number of hydrogen-bond acceptors (Lipinski definition) is 7. The molecule has 0 aromatic carbocycles. The first-order valence-electron chi connectivity index (χ1n) is 9.41. The molecule has 154 valence electrons. The Bertz CT molecular complexity index is 1010. The molecule has 3 aromatic rings. The van der Waals surface area contributed by atoms with Crippen molar-refractivity contribution in [2.75, 3.05) is 12.4 Å². The van der Waals surface area contributed by atoms with Crippen LogP contribution in [0.3, 0.4) is 0 Å². The van der Waals surface area contributed by atoms with Crippen LogP contribution in [0, 0.1) is 13.8 Å². The smallest absolute Gasteiger partial charge is 0.316 e. The average molecular weight is 433 g/mol. The molecular weight excluding hydrogens is 408 g/mol. The Hall–Kier alpha value is -2.39. The number of ketones is 1. The maximum Gasteiger partial charge on any atom is 0.316 e. The van der Waals surface area contributed by atoms with Gasteiger partial charge in [0.25, 0.3) is 0 Å². The van der Waals surface area contributed by atoms with Gasteiger partial charge in [0, 0.05) is 30.0 Å². The van der Waals surface area contributed by atoms with E-state index in [-0.39, 0.29) is 18.1 Å². The number of rotatable bonds is 9. The second kappa shape index (κ2) is 9.41. The molecule has 0 saturated heterocycles. The highest BCUT2D eigenvalue weighted by molar-refractivity contribution is 7.99. The van der Waals surface area contributed by atoms with Crippen molar-refractivity contribution in [2.24, 2.45) is 0 Å². The molecule has 29 heavy (non-hydrogen) atoms. The van der Waals surface area contributed by atoms with Gasteiger partial charge in [-0.2, -0.15) is 0 Å². The Morgan fingerprint density at radius 2 is 1.93 bits per heavy atom. The summed E-state index contributed by atoms with van der Waals surface area (Å²) in [5.41, 5.74) is 2.53. The molecule has 0 radical (unpaired) electrons. The Labute approximate surface area is 178 Å². The summed E-state index contributed by atoms with van der Waals surface area (Å²) in [6, 6.07) is 5.80. The third-order valence-corrected chi connectivity index (χ3v) is 6.45. The van der Waals surface area contributed by atoms with Crippen molar-refractivity contribution in [3.05, 3.63) is 40.5 Å². The molecule has 0 saturated carbocycles. The SMILES string of the molecule is CCn1c(SCC(=O)OCC(=O)c2cc(C)n(CC)c2C)nnc1-c1cccs1. The van der Waals surface area contributed by atoms with Gasteiger partial charge in [0.15, 0.2) is 17.6 Å². The summed E-state index contributed by atoms with van der Waals surface area (Å²) in [6.45, 7) is 9.15. The normalized spacial score (nSPS) is 11.0. The minimum atomic E-state index is -0.448. The number of aryl methyl sites for hydroxylation is 1. The van der Waals surface area contributed by atoms with Crippen LogP contribution in [0.1, 0.15) is 35.6 Å². The number of thiophene rings is 1. The minimum absolute atomic E-state index is 0.0732. The van der Waals surface area contributed by atoms with Gasteiger partial charge in [0.1, 0.15) is 0 Å². The number of ether oxygens (including phenoxy) is 1. The molecule has 0 N–H and O–H groups in total. The van der Waals surface area contributed by atoms with Crippen molar-refractivity contribution in [1.29, 1.82) is 0 Å². The number of aromatic nitrogens is 4. The van der Waals surface area contributed by atoms with Crippen LogP contribution in [0.25, 0.3) is 10.7 Å². The fourth-order valence-corrected chi connectivity index (χ4v) is 4.75. The Morgan fingerprint density at radius 3 is 2.55 bits per heavy atom. The van der Waals surface area contributed by atoms with Gasteiger partial charge in [0.2, 0.25) is 5.78 Å². The number of esters is 1. The summed E-state index contributed by atoms with van der Waals surface area (Å²) in [4.78, 5) is 25.6. The molecule has 0 atom stereocenters. The lowest BCUT2D eigenvalue weighted by molar-refractivity contribution is -0.139. The van der Waals surface area contributed by atoms with Crippen LogP contribution >= 0.6 is 23.1 Å². The highest BCUT2D eigenvalue weighted by atomic mass is 32.2. The van der Waals surface area contributed by atoms with Crippen molar-refractivity contribution in [3.8, 4) is 10.7 Å². The number of nitrogens with zero attached hydrogens (tertiary/aromatic N) is 4. The molecule has 3 heterocycles. The first-order valence-corrected chi connectivity index (χ1v) is 11.3. The maximum absolute atomic E-state index is 12.4. The van der Waals surface area contributed by atoms with E-state index < -0.39 is 5.97 Å². The quantitative estimate of drug-likeness (QED) is 0.289. The molecule has 0 aliphatic rings. The minimum Gasteiger partial charge on any atom is -0.457 e. The molecule has 3 aromatic heterocycles. The topological polar surface area (TPSA) is 79.0 Å². The molecule has 3 rings (SSSR count). The van der Waals surface area contributed by atoms with Crippen LogP contribution in [0.15, 0.2) is 28.7 Å². The molecule has 7 nitrogen and oxygen atoms in total. The standard InChI is InChI=1S/C20H24N4O3S2/c1-5-23-13(3)10-15(14(23)4)16(25)11-27-18(26)12-29-20-22-21-19(24(20)6-2)17-8-7-9-28-17/h7-10H,5-6,11-12H2,1-4H3. The van der Waals surface area contributed by atoms with E-state index in [1.807, 2.05) is 55.8 Å². The molecule has 0 unspecified atom stereocenters. The highest BCUT2D eigenvalue weighted by Gasteiger charge is 2.18. The number of carbonyl (C=O) groups is 2. The molecular formula is C20H24N4O3S2. The van der Waals surface area contributed by atoms with Crippen LogP contribution in [0.5, 0.6) is 0 Å². The third-order valence-electron chi connectivity index (χ3n) is 4.65. The summed E-state index contributed by atoms with van der Waals surface area (Å²) in [5.74, 6) is 0.229. The number of carbonyl (C=O) groups excluding carboxylic acids is 2. The fraction of sp³-hybridized carbons (Fsp3) is 0.400. The van der Waals surface area contributed by atoms with Gasteiger partial charge in [-0.05, 0) is 45.2 Å². The van der Waals surface area contributed by atoms with E-state index >= 15 is 0 Å². The van der Waals surface area contributed by atoms with Crippen LogP contribution in [0.4, 0.5) is 0 Å². The van der Waals surface area contributed by atoms with E-state index in [0.717, 1.165) is 28.6 Å². The number of thioether (sulfide) groups is 1. The summed E-state index contributed by atoms with van der Waals surface area (Å²) in [7, 11) is 0. The summed E-state index contributed by atoms with van der Waals surface area (Å²) < 4.78 is 9.23. The Balaban J connectivity index is 1.56. The monoisotopic (exact) mass is 432 g/mol. The summed E-state index contributed by atoms with van der Waals surface area (Å²) >= 11 is 2.86. The fourth-order valence-electron chi connectivity index (χ4n) is 3.23. The molecule has 0 bridgehead atoms. The molecule has 9 heteroatoms. The van der Waals surface area contributed by atoms with Crippen molar-refractivity contribution >= 4 is 34.9 Å². The summed E-state index contributed by atoms with van der Waals surface area (Å²) in [6.07, 6.45) is 0. The van der Waals surface area contributed by atoms with Crippen molar-refractivity contribution in [2.45, 2.75) is 45.9 Å². The second-order valence-corrected chi connectivity index (χ2v) is 8.32. The lowest BCUT2D eigenvalue weighted by Gasteiger charge is -2.07. The van der Waals surface area contributed by atoms with Gasteiger partial charge in [0.05, 0.1) is 10.6 Å². The highest BCUT2D eigenvalue weighted by Crippen LogP contribution is 2.27. The largest absolute Gasteiger partial charge is 0.457 e. The first-order chi connectivity index (χ1) is 14.0. The molecule has 0 amide bonds. The van der Waals surface area contributed by atoms with Crippen LogP contribution < -0.4 is 0 Å². The number of Topliss-reactive ketones (excluding diaryl/α,β-unsaturated/α-hetero) is 1. The second-order valence-electron chi connectivity index (χ2n) is 6.43. The van der Waals surface area contributed by atoms with E-state index in [1.54, 1.807) is 11.3 Å². The van der Waals surface area contributed by atoms with Crippen LogP contribution in [0.2, 0.25) is 0 Å². The molecule has 0 aliphatic carbocycles. The summed E-state index contributed by atoms with van der Waals surface area (Å²) in [5, 5.41) is 11.1. The van der Waals surface area contributed by atoms with Gasteiger partial charge >= 0.3 is 5.97 Å². The van der Waals surface area contributed by atoms with Gasteiger partial charge in [-0.3, -0.25) is 9.59 Å². The zero-order valence-electron chi connectivity index (χ0n) is 17.0.